The number of anilines is 2. The quantitative estimate of drug-likeness (QED) is 0.229. The lowest BCUT2D eigenvalue weighted by Crippen LogP contribution is -2.37. The largest absolute Gasteiger partial charge is 0.460 e. The number of benzene rings is 1. The van der Waals surface area contributed by atoms with Gasteiger partial charge in [0, 0.05) is 49.1 Å². The van der Waals surface area contributed by atoms with Crippen LogP contribution in [0.1, 0.15) is 62.5 Å². The van der Waals surface area contributed by atoms with Gasteiger partial charge in [-0.15, -0.1) is 11.3 Å². The molecular formula is C31H37N7O4S. The highest BCUT2D eigenvalue weighted by Crippen LogP contribution is 2.40. The Bertz CT molecular complexity index is 1580. The van der Waals surface area contributed by atoms with Gasteiger partial charge in [0.25, 0.3) is 5.91 Å². The standard InChI is InChI=1S/C31H37N7O4S/c1-20-25(41-26-13-15-34-37(26)5)10-9-23(35-29(40)24-19-43-30(36-24)22-12-14-32-33-17-22)28(20)38-16-6-7-21(18-38)8-11-27(39)42-31(2,3)4/h9-10,12-15,17,19,21H,6-8,11,16,18H2,1-5H3,(H,35,40)/t21-/m0/s1. The number of thiazole rings is 1. The molecule has 1 amide bonds. The average Bonchev–Trinajstić information content (AvgIpc) is 3.63. The Morgan fingerprint density at radius 2 is 1.98 bits per heavy atom. The van der Waals surface area contributed by atoms with Crippen molar-refractivity contribution in [3.63, 3.8) is 0 Å². The van der Waals surface area contributed by atoms with E-state index in [1.165, 1.54) is 11.3 Å². The number of rotatable bonds is 9. The van der Waals surface area contributed by atoms with Gasteiger partial charge in [-0.2, -0.15) is 15.3 Å². The molecule has 1 fully saturated rings. The van der Waals surface area contributed by atoms with E-state index in [1.54, 1.807) is 34.7 Å². The molecule has 0 unspecified atom stereocenters. The Labute approximate surface area is 255 Å². The molecule has 0 aliphatic carbocycles. The maximum atomic E-state index is 13.4. The number of hydrogen-bond donors (Lipinski definition) is 1. The zero-order valence-electron chi connectivity index (χ0n) is 25.2. The number of amides is 1. The van der Waals surface area contributed by atoms with Gasteiger partial charge in [-0.3, -0.25) is 9.59 Å². The summed E-state index contributed by atoms with van der Waals surface area (Å²) in [4.78, 5) is 32.7. The van der Waals surface area contributed by atoms with Gasteiger partial charge < -0.3 is 19.7 Å². The third-order valence-electron chi connectivity index (χ3n) is 7.20. The van der Waals surface area contributed by atoms with Crippen LogP contribution in [0.3, 0.4) is 0 Å². The van der Waals surface area contributed by atoms with Crippen LogP contribution in [0.2, 0.25) is 0 Å². The van der Waals surface area contributed by atoms with Crippen LogP contribution in [0.4, 0.5) is 11.4 Å². The third kappa shape index (κ3) is 7.56. The lowest BCUT2D eigenvalue weighted by molar-refractivity contribution is -0.155. The van der Waals surface area contributed by atoms with Crippen LogP contribution < -0.4 is 15.0 Å². The first kappa shape index (κ1) is 30.1. The molecular weight excluding hydrogens is 566 g/mol. The minimum Gasteiger partial charge on any atom is -0.460 e. The highest BCUT2D eigenvalue weighted by Gasteiger charge is 2.27. The van der Waals surface area contributed by atoms with E-state index in [1.807, 2.05) is 52.9 Å². The van der Waals surface area contributed by atoms with Crippen molar-refractivity contribution in [3.05, 3.63) is 59.5 Å². The highest BCUT2D eigenvalue weighted by atomic mass is 32.1. The fourth-order valence-corrected chi connectivity index (χ4v) is 6.00. The molecule has 11 nitrogen and oxygen atoms in total. The number of piperidine rings is 1. The van der Waals surface area contributed by atoms with Crippen molar-refractivity contribution in [2.24, 2.45) is 13.0 Å². The molecule has 0 saturated carbocycles. The maximum absolute atomic E-state index is 13.4. The van der Waals surface area contributed by atoms with E-state index in [9.17, 15) is 9.59 Å². The predicted octanol–water partition coefficient (Wildman–Crippen LogP) is 6.02. The molecule has 1 aliphatic rings. The number of carbonyl (C=O) groups is 2. The molecule has 226 valence electrons. The second-order valence-corrected chi connectivity index (χ2v) is 12.5. The van der Waals surface area contributed by atoms with E-state index >= 15 is 0 Å². The van der Waals surface area contributed by atoms with Crippen molar-refractivity contribution in [2.45, 2.75) is 59.0 Å². The topological polar surface area (TPSA) is 124 Å². The van der Waals surface area contributed by atoms with E-state index in [2.05, 4.69) is 30.5 Å². The Hall–Kier alpha value is -4.32. The second kappa shape index (κ2) is 12.9. The lowest BCUT2D eigenvalue weighted by atomic mass is 9.92. The molecule has 3 aromatic heterocycles. The molecule has 1 N–H and O–H groups in total. The summed E-state index contributed by atoms with van der Waals surface area (Å²) in [5, 5.41) is 17.5. The van der Waals surface area contributed by atoms with Gasteiger partial charge in [0.1, 0.15) is 22.1 Å². The number of nitrogens with one attached hydrogen (secondary N) is 1. The summed E-state index contributed by atoms with van der Waals surface area (Å²) in [6.07, 6.45) is 8.01. The van der Waals surface area contributed by atoms with Gasteiger partial charge in [0.15, 0.2) is 0 Å². The minimum atomic E-state index is -0.499. The number of ether oxygens (including phenoxy) is 2. The monoisotopic (exact) mass is 603 g/mol. The van der Waals surface area contributed by atoms with E-state index in [0.29, 0.717) is 40.4 Å². The van der Waals surface area contributed by atoms with E-state index < -0.39 is 5.60 Å². The summed E-state index contributed by atoms with van der Waals surface area (Å²) in [5.74, 6) is 1.12. The van der Waals surface area contributed by atoms with Crippen LogP contribution >= 0.6 is 11.3 Å². The van der Waals surface area contributed by atoms with Crippen molar-refractivity contribution in [1.29, 1.82) is 0 Å². The summed E-state index contributed by atoms with van der Waals surface area (Å²) < 4.78 is 13.4. The summed E-state index contributed by atoms with van der Waals surface area (Å²) in [6.45, 7) is 9.22. The van der Waals surface area contributed by atoms with Gasteiger partial charge in [0.2, 0.25) is 5.88 Å². The van der Waals surface area contributed by atoms with Crippen molar-refractivity contribution in [2.75, 3.05) is 23.3 Å². The average molecular weight is 604 g/mol. The number of nitrogens with zero attached hydrogens (tertiary/aromatic N) is 6. The Balaban J connectivity index is 1.39. The smallest absolute Gasteiger partial charge is 0.306 e. The SMILES string of the molecule is Cc1c(Oc2ccnn2C)ccc(NC(=O)c2csc(-c3ccnnc3)n2)c1N1CCC[C@@H](CCC(=O)OC(C)(C)C)C1. The van der Waals surface area contributed by atoms with Crippen molar-refractivity contribution in [3.8, 4) is 22.2 Å². The highest BCUT2D eigenvalue weighted by molar-refractivity contribution is 7.13. The summed E-state index contributed by atoms with van der Waals surface area (Å²) in [5.41, 5.74) is 3.09. The predicted molar refractivity (Wildman–Crippen MR) is 166 cm³/mol. The molecule has 1 aromatic carbocycles. The molecule has 1 saturated heterocycles. The molecule has 4 heterocycles. The summed E-state index contributed by atoms with van der Waals surface area (Å²) in [7, 11) is 1.82. The molecule has 1 atom stereocenters. The number of esters is 1. The van der Waals surface area contributed by atoms with E-state index in [4.69, 9.17) is 9.47 Å². The first-order valence-electron chi connectivity index (χ1n) is 14.4. The zero-order valence-corrected chi connectivity index (χ0v) is 26.0. The van der Waals surface area contributed by atoms with E-state index in [-0.39, 0.29) is 11.9 Å². The van der Waals surface area contributed by atoms with Gasteiger partial charge in [-0.1, -0.05) is 0 Å². The minimum absolute atomic E-state index is 0.175. The maximum Gasteiger partial charge on any atom is 0.306 e. The lowest BCUT2D eigenvalue weighted by Gasteiger charge is -2.37. The Morgan fingerprint density at radius 1 is 1.14 bits per heavy atom. The molecule has 43 heavy (non-hydrogen) atoms. The van der Waals surface area contributed by atoms with Crippen LogP contribution in [0.25, 0.3) is 10.6 Å². The zero-order chi connectivity index (χ0) is 30.6. The molecule has 0 radical (unpaired) electrons. The first-order valence-corrected chi connectivity index (χ1v) is 15.3. The number of aryl methyl sites for hydroxylation is 1. The van der Waals surface area contributed by atoms with Crippen LogP contribution in [0.5, 0.6) is 11.6 Å². The summed E-state index contributed by atoms with van der Waals surface area (Å²) in [6, 6.07) is 7.35. The van der Waals surface area contributed by atoms with Crippen molar-refractivity contribution in [1.82, 2.24) is 25.0 Å². The van der Waals surface area contributed by atoms with Crippen LogP contribution in [0.15, 0.2) is 48.2 Å². The molecule has 12 heteroatoms. The van der Waals surface area contributed by atoms with Gasteiger partial charge >= 0.3 is 5.97 Å². The fraction of sp³-hybridized carbons (Fsp3) is 0.419. The Morgan fingerprint density at radius 3 is 2.70 bits per heavy atom. The first-order chi connectivity index (χ1) is 20.6. The normalized spacial score (nSPS) is 15.3. The molecule has 0 bridgehead atoms. The van der Waals surface area contributed by atoms with E-state index in [0.717, 1.165) is 49.2 Å². The molecule has 5 rings (SSSR count). The van der Waals surface area contributed by atoms with Crippen molar-refractivity contribution < 1.29 is 19.1 Å². The van der Waals surface area contributed by atoms with Gasteiger partial charge in [-0.25, -0.2) is 9.67 Å². The second-order valence-electron chi connectivity index (χ2n) is 11.7. The third-order valence-corrected chi connectivity index (χ3v) is 8.09. The number of aromatic nitrogens is 5. The Kier molecular flexibility index (Phi) is 9.05. The van der Waals surface area contributed by atoms with Gasteiger partial charge in [-0.05, 0) is 71.1 Å². The molecule has 4 aromatic rings. The molecule has 0 spiro atoms. The fourth-order valence-electron chi connectivity index (χ4n) is 5.21. The number of hydrogen-bond acceptors (Lipinski definition) is 10. The van der Waals surface area contributed by atoms with Crippen LogP contribution in [-0.2, 0) is 16.6 Å². The van der Waals surface area contributed by atoms with Crippen LogP contribution in [-0.4, -0.2) is 55.5 Å². The summed E-state index contributed by atoms with van der Waals surface area (Å²) >= 11 is 1.38. The molecule has 1 aliphatic heterocycles. The van der Waals surface area contributed by atoms with Gasteiger partial charge in [0.05, 0.1) is 30.0 Å². The number of carbonyl (C=O) groups excluding carboxylic acids is 2. The van der Waals surface area contributed by atoms with Crippen LogP contribution in [0, 0.1) is 12.8 Å². The van der Waals surface area contributed by atoms with Crippen molar-refractivity contribution >= 4 is 34.6 Å².